The second kappa shape index (κ2) is 12.9. The molecule has 0 saturated carbocycles. The van der Waals surface area contributed by atoms with Gasteiger partial charge in [0.15, 0.2) is 5.96 Å². The topological polar surface area (TPSA) is 74.9 Å². The predicted octanol–water partition coefficient (Wildman–Crippen LogP) is 3.54. The SMILES string of the molecule is CN=C(NCCc1ccccc1OC)NCC1CCN(Cc2nc(C)c(C)o2)CC1.I. The minimum Gasteiger partial charge on any atom is -0.496 e. The smallest absolute Gasteiger partial charge is 0.208 e. The number of halogens is 1. The molecule has 7 nitrogen and oxygen atoms in total. The maximum absolute atomic E-state index is 5.72. The number of hydrogen-bond donors (Lipinski definition) is 2. The van der Waals surface area contributed by atoms with Crippen LogP contribution >= 0.6 is 24.0 Å². The Labute approximate surface area is 203 Å². The van der Waals surface area contributed by atoms with Crippen molar-refractivity contribution in [3.05, 3.63) is 47.2 Å². The number of rotatable bonds is 8. The van der Waals surface area contributed by atoms with E-state index < -0.39 is 0 Å². The van der Waals surface area contributed by atoms with Gasteiger partial charge < -0.3 is 19.8 Å². The minimum absolute atomic E-state index is 0. The number of benzene rings is 1. The molecular formula is C23H36IN5O2. The summed E-state index contributed by atoms with van der Waals surface area (Å²) in [6.07, 6.45) is 3.23. The van der Waals surface area contributed by atoms with Gasteiger partial charge in [0.2, 0.25) is 5.89 Å². The second-order valence-corrected chi connectivity index (χ2v) is 7.91. The zero-order valence-electron chi connectivity index (χ0n) is 19.1. The monoisotopic (exact) mass is 541 g/mol. The summed E-state index contributed by atoms with van der Waals surface area (Å²) < 4.78 is 11.1. The van der Waals surface area contributed by atoms with E-state index in [2.05, 4.69) is 31.6 Å². The number of methoxy groups -OCH3 is 1. The van der Waals surface area contributed by atoms with Crippen LogP contribution in [0, 0.1) is 19.8 Å². The lowest BCUT2D eigenvalue weighted by Crippen LogP contribution is -2.43. The molecule has 2 aromatic rings. The van der Waals surface area contributed by atoms with E-state index in [1.807, 2.05) is 39.1 Å². The van der Waals surface area contributed by atoms with Crippen molar-refractivity contribution in [3.63, 3.8) is 0 Å². The number of oxazole rings is 1. The quantitative estimate of drug-likeness (QED) is 0.303. The summed E-state index contributed by atoms with van der Waals surface area (Å²) in [6.45, 7) is 8.69. The highest BCUT2D eigenvalue weighted by Crippen LogP contribution is 2.19. The molecule has 1 saturated heterocycles. The lowest BCUT2D eigenvalue weighted by Gasteiger charge is -2.31. The lowest BCUT2D eigenvalue weighted by molar-refractivity contribution is 0.164. The molecular weight excluding hydrogens is 505 g/mol. The van der Waals surface area contributed by atoms with E-state index >= 15 is 0 Å². The Morgan fingerprint density at radius 3 is 2.61 bits per heavy atom. The number of nitrogens with one attached hydrogen (secondary N) is 2. The summed E-state index contributed by atoms with van der Waals surface area (Å²) >= 11 is 0. The van der Waals surface area contributed by atoms with Gasteiger partial charge in [-0.3, -0.25) is 9.89 Å². The first-order chi connectivity index (χ1) is 14.6. The van der Waals surface area contributed by atoms with Gasteiger partial charge in [-0.05, 0) is 63.7 Å². The van der Waals surface area contributed by atoms with E-state index in [0.29, 0.717) is 5.92 Å². The zero-order valence-corrected chi connectivity index (χ0v) is 21.4. The average molecular weight is 541 g/mol. The number of nitrogens with zero attached hydrogens (tertiary/aromatic N) is 3. The Kier molecular flexibility index (Phi) is 10.6. The molecule has 1 aliphatic rings. The fraction of sp³-hybridized carbons (Fsp3) is 0.565. The van der Waals surface area contributed by atoms with Crippen molar-refractivity contribution in [1.82, 2.24) is 20.5 Å². The van der Waals surface area contributed by atoms with Crippen LogP contribution in [0.3, 0.4) is 0 Å². The number of hydrogen-bond acceptors (Lipinski definition) is 5. The molecule has 0 amide bonds. The molecule has 31 heavy (non-hydrogen) atoms. The normalized spacial score (nSPS) is 15.4. The van der Waals surface area contributed by atoms with Crippen LogP contribution in [0.5, 0.6) is 5.75 Å². The molecule has 172 valence electrons. The maximum Gasteiger partial charge on any atom is 0.208 e. The molecule has 0 unspecified atom stereocenters. The van der Waals surface area contributed by atoms with Crippen LogP contribution in [-0.2, 0) is 13.0 Å². The first kappa shape index (κ1) is 25.5. The van der Waals surface area contributed by atoms with Crippen molar-refractivity contribution in [2.75, 3.05) is 40.3 Å². The molecule has 1 aliphatic heterocycles. The van der Waals surface area contributed by atoms with Crippen LogP contribution < -0.4 is 15.4 Å². The molecule has 2 N–H and O–H groups in total. The van der Waals surface area contributed by atoms with Gasteiger partial charge in [0.1, 0.15) is 11.5 Å². The number of guanidine groups is 1. The standard InChI is InChI=1S/C23H35N5O2.HI/c1-17-18(2)30-22(27-17)16-28-13-10-19(11-14-28)15-26-23(24-3)25-12-9-20-7-5-6-8-21(20)29-4;/h5-8,19H,9-16H2,1-4H3,(H2,24,25,26);1H. The van der Waals surface area contributed by atoms with Gasteiger partial charge in [-0.1, -0.05) is 18.2 Å². The summed E-state index contributed by atoms with van der Waals surface area (Å²) in [5.74, 6) is 4.21. The highest BCUT2D eigenvalue weighted by atomic mass is 127. The fourth-order valence-electron chi connectivity index (χ4n) is 3.83. The average Bonchev–Trinajstić information content (AvgIpc) is 3.08. The van der Waals surface area contributed by atoms with Gasteiger partial charge in [0.05, 0.1) is 19.3 Å². The molecule has 1 aromatic heterocycles. The summed E-state index contributed by atoms with van der Waals surface area (Å²) in [7, 11) is 3.53. The van der Waals surface area contributed by atoms with E-state index in [4.69, 9.17) is 9.15 Å². The van der Waals surface area contributed by atoms with Crippen LogP contribution in [0.2, 0.25) is 0 Å². The molecule has 3 rings (SSSR count). The van der Waals surface area contributed by atoms with Crippen LogP contribution in [-0.4, -0.2) is 56.2 Å². The fourth-order valence-corrected chi connectivity index (χ4v) is 3.83. The van der Waals surface area contributed by atoms with Crippen molar-refractivity contribution in [2.24, 2.45) is 10.9 Å². The van der Waals surface area contributed by atoms with Crippen LogP contribution in [0.1, 0.15) is 35.7 Å². The molecule has 2 heterocycles. The van der Waals surface area contributed by atoms with E-state index in [9.17, 15) is 0 Å². The summed E-state index contributed by atoms with van der Waals surface area (Å²) in [6, 6.07) is 8.14. The van der Waals surface area contributed by atoms with Gasteiger partial charge in [-0.2, -0.15) is 0 Å². The van der Waals surface area contributed by atoms with E-state index in [-0.39, 0.29) is 24.0 Å². The first-order valence-corrected chi connectivity index (χ1v) is 10.8. The Hall–Kier alpha value is -1.81. The molecule has 0 spiro atoms. The van der Waals surface area contributed by atoms with Crippen molar-refractivity contribution in [3.8, 4) is 5.75 Å². The Morgan fingerprint density at radius 2 is 1.97 bits per heavy atom. The largest absolute Gasteiger partial charge is 0.496 e. The van der Waals surface area contributed by atoms with Crippen LogP contribution in [0.15, 0.2) is 33.7 Å². The summed E-state index contributed by atoms with van der Waals surface area (Å²) in [4.78, 5) is 11.3. The molecule has 0 atom stereocenters. The maximum atomic E-state index is 5.72. The Bertz CT molecular complexity index is 812. The number of likely N-dealkylation sites (tertiary alicyclic amines) is 1. The van der Waals surface area contributed by atoms with Crippen molar-refractivity contribution in [2.45, 2.75) is 39.7 Å². The highest BCUT2D eigenvalue weighted by molar-refractivity contribution is 14.0. The van der Waals surface area contributed by atoms with E-state index in [1.165, 1.54) is 18.4 Å². The number of aliphatic imine (C=N–C) groups is 1. The van der Waals surface area contributed by atoms with Gasteiger partial charge in [-0.25, -0.2) is 4.98 Å². The van der Waals surface area contributed by atoms with Crippen LogP contribution in [0.4, 0.5) is 0 Å². The predicted molar refractivity (Wildman–Crippen MR) is 135 cm³/mol. The van der Waals surface area contributed by atoms with Crippen molar-refractivity contribution in [1.29, 1.82) is 0 Å². The summed E-state index contributed by atoms with van der Waals surface area (Å²) in [5, 5.41) is 6.90. The number of piperidine rings is 1. The van der Waals surface area contributed by atoms with Gasteiger partial charge in [-0.15, -0.1) is 24.0 Å². The van der Waals surface area contributed by atoms with E-state index in [0.717, 1.165) is 68.2 Å². The number of aromatic nitrogens is 1. The molecule has 1 fully saturated rings. The molecule has 8 heteroatoms. The van der Waals surface area contributed by atoms with Gasteiger partial charge >= 0.3 is 0 Å². The Morgan fingerprint density at radius 1 is 1.23 bits per heavy atom. The first-order valence-electron chi connectivity index (χ1n) is 10.8. The van der Waals surface area contributed by atoms with Crippen molar-refractivity contribution < 1.29 is 9.15 Å². The molecule has 0 radical (unpaired) electrons. The third-order valence-corrected chi connectivity index (χ3v) is 5.80. The third kappa shape index (κ3) is 7.68. The third-order valence-electron chi connectivity index (χ3n) is 5.80. The minimum atomic E-state index is 0. The molecule has 0 bridgehead atoms. The molecule has 1 aromatic carbocycles. The van der Waals surface area contributed by atoms with Crippen LogP contribution in [0.25, 0.3) is 0 Å². The number of aryl methyl sites for hydroxylation is 2. The van der Waals surface area contributed by atoms with Gasteiger partial charge in [0, 0.05) is 20.1 Å². The second-order valence-electron chi connectivity index (χ2n) is 7.91. The summed E-state index contributed by atoms with van der Waals surface area (Å²) in [5.41, 5.74) is 2.19. The molecule has 0 aliphatic carbocycles. The lowest BCUT2D eigenvalue weighted by atomic mass is 9.97. The zero-order chi connectivity index (χ0) is 21.3. The highest BCUT2D eigenvalue weighted by Gasteiger charge is 2.21. The van der Waals surface area contributed by atoms with Crippen molar-refractivity contribution >= 4 is 29.9 Å². The van der Waals surface area contributed by atoms with Gasteiger partial charge in [0.25, 0.3) is 0 Å². The number of ether oxygens (including phenoxy) is 1. The number of para-hydroxylation sites is 1. The Balaban J connectivity index is 0.00000341. The van der Waals surface area contributed by atoms with E-state index in [1.54, 1.807) is 7.11 Å².